The predicted molar refractivity (Wildman–Crippen MR) is 72.6 cm³/mol. The lowest BCUT2D eigenvalue weighted by molar-refractivity contribution is -0.139. The largest absolute Gasteiger partial charge is 0.480 e. The molecule has 1 rings (SSSR count). The molecule has 1 saturated carbocycles. The molecular formula is C12H20N2O3S. The molecule has 0 radical (unpaired) electrons. The van der Waals surface area contributed by atoms with Crippen LogP contribution in [0.2, 0.25) is 0 Å². The van der Waals surface area contributed by atoms with Crippen molar-refractivity contribution in [2.45, 2.75) is 32.2 Å². The van der Waals surface area contributed by atoms with Crippen molar-refractivity contribution in [2.75, 3.05) is 12.0 Å². The minimum Gasteiger partial charge on any atom is -0.480 e. The van der Waals surface area contributed by atoms with Crippen LogP contribution in [0, 0.1) is 5.92 Å². The molecule has 3 N–H and O–H groups in total. The molecule has 1 aliphatic rings. The Labute approximate surface area is 111 Å². The van der Waals surface area contributed by atoms with Crippen LogP contribution in [0.15, 0.2) is 11.8 Å². The molecule has 102 valence electrons. The molecule has 2 amide bonds. The molecule has 1 atom stereocenters. The van der Waals surface area contributed by atoms with Gasteiger partial charge in [-0.05, 0) is 44.1 Å². The lowest BCUT2D eigenvalue weighted by Crippen LogP contribution is -2.45. The molecule has 0 aromatic rings. The van der Waals surface area contributed by atoms with Gasteiger partial charge in [0.05, 0.1) is 0 Å². The van der Waals surface area contributed by atoms with Gasteiger partial charge in [0.2, 0.25) is 0 Å². The smallest absolute Gasteiger partial charge is 0.326 e. The Morgan fingerprint density at radius 2 is 2.17 bits per heavy atom. The van der Waals surface area contributed by atoms with Gasteiger partial charge in [-0.3, -0.25) is 0 Å². The molecule has 0 aliphatic heterocycles. The van der Waals surface area contributed by atoms with Crippen LogP contribution in [-0.2, 0) is 4.79 Å². The van der Waals surface area contributed by atoms with Crippen LogP contribution in [0.5, 0.6) is 0 Å². The monoisotopic (exact) mass is 272 g/mol. The van der Waals surface area contributed by atoms with Crippen LogP contribution >= 0.6 is 11.8 Å². The van der Waals surface area contributed by atoms with E-state index in [-0.39, 0.29) is 0 Å². The molecule has 6 heteroatoms. The average Bonchev–Trinajstić information content (AvgIpc) is 3.15. The van der Waals surface area contributed by atoms with E-state index in [1.807, 2.05) is 13.2 Å². The highest BCUT2D eigenvalue weighted by Crippen LogP contribution is 2.35. The number of nitrogens with one attached hydrogen (secondary N) is 2. The third kappa shape index (κ3) is 5.44. The van der Waals surface area contributed by atoms with Crippen molar-refractivity contribution in [1.82, 2.24) is 10.6 Å². The number of carbonyl (C=O) groups is 2. The Morgan fingerprint density at radius 3 is 2.67 bits per heavy atom. The Kier molecular flexibility index (Phi) is 6.04. The first-order valence-electron chi connectivity index (χ1n) is 6.00. The summed E-state index contributed by atoms with van der Waals surface area (Å²) in [6, 6.07) is -1.28. The molecule has 0 saturated heterocycles. The zero-order valence-corrected chi connectivity index (χ0v) is 11.5. The summed E-state index contributed by atoms with van der Waals surface area (Å²) in [6.45, 7) is 1.97. The predicted octanol–water partition coefficient (Wildman–Crippen LogP) is 1.81. The number of hydrogen-bond donors (Lipinski definition) is 3. The zero-order valence-electron chi connectivity index (χ0n) is 10.7. The van der Waals surface area contributed by atoms with Crippen LogP contribution < -0.4 is 10.6 Å². The molecular weight excluding hydrogens is 252 g/mol. The van der Waals surface area contributed by atoms with Gasteiger partial charge in [0, 0.05) is 6.20 Å². The highest BCUT2D eigenvalue weighted by atomic mass is 32.2. The second-order valence-corrected chi connectivity index (χ2v) is 5.44. The van der Waals surface area contributed by atoms with Crippen LogP contribution in [0.25, 0.3) is 0 Å². The number of rotatable bonds is 7. The molecule has 1 aliphatic carbocycles. The number of carboxylic acid groups (broad SMARTS) is 1. The van der Waals surface area contributed by atoms with Crippen LogP contribution in [0.3, 0.4) is 0 Å². The van der Waals surface area contributed by atoms with E-state index in [2.05, 4.69) is 10.6 Å². The number of thioether (sulfide) groups is 1. The van der Waals surface area contributed by atoms with Gasteiger partial charge in [0.25, 0.3) is 0 Å². The van der Waals surface area contributed by atoms with E-state index in [1.165, 1.54) is 12.8 Å². The Bertz CT molecular complexity index is 340. The fourth-order valence-corrected chi connectivity index (χ4v) is 2.00. The van der Waals surface area contributed by atoms with Gasteiger partial charge in [-0.25, -0.2) is 9.59 Å². The summed E-state index contributed by atoms with van der Waals surface area (Å²) < 4.78 is 0. The highest BCUT2D eigenvalue weighted by molar-refractivity contribution is 7.98. The first-order valence-corrected chi connectivity index (χ1v) is 7.39. The van der Waals surface area contributed by atoms with E-state index < -0.39 is 18.0 Å². The van der Waals surface area contributed by atoms with Gasteiger partial charge >= 0.3 is 12.0 Å². The summed E-state index contributed by atoms with van der Waals surface area (Å²) in [7, 11) is 0. The van der Waals surface area contributed by atoms with Crippen molar-refractivity contribution in [1.29, 1.82) is 0 Å². The van der Waals surface area contributed by atoms with E-state index in [0.29, 0.717) is 18.1 Å². The first-order chi connectivity index (χ1) is 8.54. The van der Waals surface area contributed by atoms with Gasteiger partial charge in [-0.2, -0.15) is 11.8 Å². The van der Waals surface area contributed by atoms with E-state index in [4.69, 9.17) is 5.11 Å². The first kappa shape index (κ1) is 14.9. The number of urea groups is 1. The van der Waals surface area contributed by atoms with Crippen LogP contribution in [0.4, 0.5) is 4.79 Å². The summed E-state index contributed by atoms with van der Waals surface area (Å²) in [5.74, 6) is 0.299. The van der Waals surface area contributed by atoms with Crippen molar-refractivity contribution < 1.29 is 14.7 Å². The SMILES string of the molecule is CSCCC(NC(=O)N/C=C(\C)C1CC1)C(=O)O. The minimum absolute atomic E-state index is 0.426. The average molecular weight is 272 g/mol. The van der Waals surface area contributed by atoms with Crippen molar-refractivity contribution >= 4 is 23.8 Å². The van der Waals surface area contributed by atoms with Crippen LogP contribution in [0.1, 0.15) is 26.2 Å². The van der Waals surface area contributed by atoms with Crippen molar-refractivity contribution in [3.8, 4) is 0 Å². The summed E-state index contributed by atoms with van der Waals surface area (Å²) >= 11 is 1.56. The maximum Gasteiger partial charge on any atom is 0.326 e. The maximum absolute atomic E-state index is 11.5. The topological polar surface area (TPSA) is 78.4 Å². The number of carboxylic acids is 1. The van der Waals surface area contributed by atoms with Crippen molar-refractivity contribution in [3.05, 3.63) is 11.8 Å². The third-order valence-corrected chi connectivity index (χ3v) is 3.51. The fraction of sp³-hybridized carbons (Fsp3) is 0.667. The van der Waals surface area contributed by atoms with Crippen molar-refractivity contribution in [2.24, 2.45) is 5.92 Å². The van der Waals surface area contributed by atoms with Crippen molar-refractivity contribution in [3.63, 3.8) is 0 Å². The number of amides is 2. The molecule has 0 heterocycles. The lowest BCUT2D eigenvalue weighted by Gasteiger charge is -2.13. The number of hydrogen-bond acceptors (Lipinski definition) is 3. The lowest BCUT2D eigenvalue weighted by atomic mass is 10.2. The van der Waals surface area contributed by atoms with E-state index >= 15 is 0 Å². The standard InChI is InChI=1S/C12H20N2O3S/c1-8(9-3-4-9)7-13-12(17)14-10(11(15)16)5-6-18-2/h7,9-10H,3-6H2,1-2H3,(H,15,16)(H2,13,14,17)/b8-7+. The minimum atomic E-state index is -0.998. The molecule has 18 heavy (non-hydrogen) atoms. The quantitative estimate of drug-likeness (QED) is 0.660. The summed E-state index contributed by atoms with van der Waals surface area (Å²) in [5, 5.41) is 14.0. The number of aliphatic carboxylic acids is 1. The second kappa shape index (κ2) is 7.31. The molecule has 0 spiro atoms. The zero-order chi connectivity index (χ0) is 13.5. The van der Waals surface area contributed by atoms with E-state index in [1.54, 1.807) is 18.0 Å². The Hall–Kier alpha value is -1.17. The van der Waals surface area contributed by atoms with Gasteiger partial charge in [-0.15, -0.1) is 0 Å². The van der Waals surface area contributed by atoms with Crippen LogP contribution in [-0.4, -0.2) is 35.2 Å². The molecule has 1 fully saturated rings. The highest BCUT2D eigenvalue weighted by Gasteiger charge is 2.23. The van der Waals surface area contributed by atoms with Gasteiger partial charge < -0.3 is 15.7 Å². The fourth-order valence-electron chi connectivity index (χ4n) is 1.53. The summed E-state index contributed by atoms with van der Waals surface area (Å²) in [5.41, 5.74) is 1.14. The summed E-state index contributed by atoms with van der Waals surface area (Å²) in [4.78, 5) is 22.5. The van der Waals surface area contributed by atoms with E-state index in [0.717, 1.165) is 5.57 Å². The molecule has 0 aromatic heterocycles. The third-order valence-electron chi connectivity index (χ3n) is 2.87. The Balaban J connectivity index is 2.35. The normalized spacial score (nSPS) is 17.1. The number of allylic oxidation sites excluding steroid dienone is 1. The van der Waals surface area contributed by atoms with Gasteiger partial charge in [0.15, 0.2) is 0 Å². The second-order valence-electron chi connectivity index (χ2n) is 4.45. The van der Waals surface area contributed by atoms with Gasteiger partial charge in [-0.1, -0.05) is 5.57 Å². The van der Waals surface area contributed by atoms with E-state index in [9.17, 15) is 9.59 Å². The molecule has 0 aromatic carbocycles. The Morgan fingerprint density at radius 1 is 1.50 bits per heavy atom. The summed E-state index contributed by atoms with van der Waals surface area (Å²) in [6.07, 6.45) is 6.35. The molecule has 1 unspecified atom stereocenters. The maximum atomic E-state index is 11.5. The molecule has 0 bridgehead atoms. The molecule has 5 nitrogen and oxygen atoms in total. The number of carbonyl (C=O) groups excluding carboxylic acids is 1. The van der Waals surface area contributed by atoms with Gasteiger partial charge in [0.1, 0.15) is 6.04 Å².